The molecule has 268 valence electrons. The van der Waals surface area contributed by atoms with Crippen molar-refractivity contribution in [3.8, 4) is 34.1 Å². The zero-order chi connectivity index (χ0) is 38.1. The summed E-state index contributed by atoms with van der Waals surface area (Å²) in [6.45, 7) is -0.280. The number of nitrogens with zero attached hydrogens (tertiary/aromatic N) is 2. The second-order valence-corrected chi connectivity index (χ2v) is 15.5. The number of hydrogen-bond donors (Lipinski definition) is 0. The Labute approximate surface area is 335 Å². The van der Waals surface area contributed by atoms with Crippen LogP contribution >= 0.6 is 0 Å². The van der Waals surface area contributed by atoms with Gasteiger partial charge >= 0.3 is 6.03 Å². The van der Waals surface area contributed by atoms with Gasteiger partial charge in [-0.25, -0.2) is 4.79 Å². The molecule has 7 heteroatoms. The van der Waals surface area contributed by atoms with Crippen molar-refractivity contribution in [2.75, 3.05) is 9.80 Å². The summed E-state index contributed by atoms with van der Waals surface area (Å²) in [6.07, 6.45) is 0. The Kier molecular flexibility index (Phi) is 6.42. The highest BCUT2D eigenvalue weighted by atomic mass is 16.6. The van der Waals surface area contributed by atoms with Crippen LogP contribution in [-0.2, 0) is 0 Å². The molecule has 0 saturated carbocycles. The van der Waals surface area contributed by atoms with Gasteiger partial charge in [0.2, 0.25) is 13.4 Å². The Hall–Kier alpha value is -7.50. The van der Waals surface area contributed by atoms with E-state index in [4.69, 9.17) is 9.47 Å². The normalized spacial score (nSPS) is 14.0. The van der Waals surface area contributed by atoms with Gasteiger partial charge in [-0.05, 0) is 73.4 Å². The van der Waals surface area contributed by atoms with Crippen LogP contribution in [0.1, 0.15) is 0 Å². The fourth-order valence-corrected chi connectivity index (χ4v) is 10.2. The molecule has 0 aliphatic carbocycles. The standard InChI is InChI=1S/C51H30B2N2O3/c56-51-54-41-30-46-45(57-43-22-12-13-23-44(43)58-46)29-40(41)52(33-16-6-2-7-17-33)38-26-24-32-25-27-39-50(47(32)49(38)54)55(51)42-28-37(31-14-4-1-5-15-31)35-20-10-11-21-36(35)48(42)53(39)34-18-8-3-9-19-34/h1-30H. The van der Waals surface area contributed by atoms with Gasteiger partial charge in [0.25, 0.3) is 0 Å². The minimum absolute atomic E-state index is 0.116. The van der Waals surface area contributed by atoms with Crippen molar-refractivity contribution in [1.29, 1.82) is 0 Å². The molecule has 0 atom stereocenters. The number of rotatable bonds is 3. The number of amides is 2. The molecule has 0 bridgehead atoms. The topological polar surface area (TPSA) is 42.0 Å². The van der Waals surface area contributed by atoms with Crippen LogP contribution in [0.5, 0.6) is 23.0 Å². The lowest BCUT2D eigenvalue weighted by Crippen LogP contribution is -2.64. The second kappa shape index (κ2) is 11.8. The van der Waals surface area contributed by atoms with E-state index in [0.29, 0.717) is 23.0 Å². The van der Waals surface area contributed by atoms with E-state index in [0.717, 1.165) is 82.7 Å². The van der Waals surface area contributed by atoms with Crippen molar-refractivity contribution >= 4 is 96.5 Å². The van der Waals surface area contributed by atoms with E-state index in [1.54, 1.807) is 0 Å². The van der Waals surface area contributed by atoms with E-state index in [2.05, 4.69) is 146 Å². The summed E-state index contributed by atoms with van der Waals surface area (Å²) in [4.78, 5) is 20.1. The van der Waals surface area contributed by atoms with E-state index in [1.807, 2.05) is 46.2 Å². The quantitative estimate of drug-likeness (QED) is 0.171. The van der Waals surface area contributed by atoms with Crippen molar-refractivity contribution in [2.24, 2.45) is 0 Å². The minimum Gasteiger partial charge on any atom is -0.450 e. The molecule has 0 saturated heterocycles. The van der Waals surface area contributed by atoms with Crippen LogP contribution in [0.2, 0.25) is 0 Å². The van der Waals surface area contributed by atoms with Gasteiger partial charge in [0, 0.05) is 17.1 Å². The second-order valence-electron chi connectivity index (χ2n) is 15.5. The molecule has 2 amide bonds. The highest BCUT2D eigenvalue weighted by molar-refractivity contribution is 7.00. The summed E-state index contributed by atoms with van der Waals surface area (Å²) in [6, 6.07) is 63.5. The molecular weight excluding hydrogens is 710 g/mol. The van der Waals surface area contributed by atoms with E-state index < -0.39 is 0 Å². The predicted molar refractivity (Wildman–Crippen MR) is 238 cm³/mol. The van der Waals surface area contributed by atoms with Gasteiger partial charge in [0.1, 0.15) is 0 Å². The van der Waals surface area contributed by atoms with Gasteiger partial charge in [-0.3, -0.25) is 9.80 Å². The largest absolute Gasteiger partial charge is 0.450 e. The Bertz CT molecular complexity index is 3230. The van der Waals surface area contributed by atoms with Crippen LogP contribution in [0.25, 0.3) is 32.7 Å². The molecule has 5 nitrogen and oxygen atoms in total. The SMILES string of the molecule is O=C1N2c3cc4c(cc3B(c3ccccc3)c3ccc5ccc6c(c5c32)N1c1cc(-c2ccccc2)c2ccccc2c1B6c1ccccc1)Oc1ccccc1O4. The third-order valence-corrected chi connectivity index (χ3v) is 12.5. The van der Waals surface area contributed by atoms with Gasteiger partial charge in [-0.1, -0.05) is 163 Å². The van der Waals surface area contributed by atoms with Gasteiger partial charge in [-0.2, -0.15) is 0 Å². The molecule has 4 aliphatic heterocycles. The average molecular weight is 740 g/mol. The molecule has 9 aromatic carbocycles. The first-order valence-electron chi connectivity index (χ1n) is 19.8. The van der Waals surface area contributed by atoms with Gasteiger partial charge in [0.05, 0.1) is 17.1 Å². The number of hydrogen-bond acceptors (Lipinski definition) is 3. The molecule has 9 aromatic rings. The van der Waals surface area contributed by atoms with Crippen LogP contribution in [0.4, 0.5) is 27.5 Å². The molecule has 0 fully saturated rings. The molecule has 13 rings (SSSR count). The molecule has 0 unspecified atom stereocenters. The molecule has 0 N–H and O–H groups in total. The zero-order valence-corrected chi connectivity index (χ0v) is 31.1. The first-order valence-corrected chi connectivity index (χ1v) is 19.8. The van der Waals surface area contributed by atoms with Gasteiger partial charge in [0.15, 0.2) is 23.0 Å². The third kappa shape index (κ3) is 4.25. The average Bonchev–Trinajstić information content (AvgIpc) is 3.28. The summed E-state index contributed by atoms with van der Waals surface area (Å²) in [5, 5.41) is 4.44. The van der Waals surface area contributed by atoms with E-state index in [1.165, 1.54) is 5.46 Å². The summed E-state index contributed by atoms with van der Waals surface area (Å²) in [5.41, 5.74) is 12.4. The number of fused-ring (bicyclic) bond motifs is 8. The molecule has 4 heterocycles. The fourth-order valence-electron chi connectivity index (χ4n) is 10.2. The van der Waals surface area contributed by atoms with Crippen LogP contribution in [-0.4, -0.2) is 19.5 Å². The first kappa shape index (κ1) is 31.7. The number of benzene rings is 9. The summed E-state index contributed by atoms with van der Waals surface area (Å²) >= 11 is 0. The maximum absolute atomic E-state index is 16.1. The van der Waals surface area contributed by atoms with E-state index >= 15 is 4.79 Å². The van der Waals surface area contributed by atoms with Crippen LogP contribution in [0, 0.1) is 0 Å². The van der Waals surface area contributed by atoms with Crippen molar-refractivity contribution in [2.45, 2.75) is 0 Å². The number of carbonyl (C=O) groups is 1. The number of carbonyl (C=O) groups excluding carboxylic acids is 1. The number of para-hydroxylation sites is 2. The number of ether oxygens (including phenoxy) is 2. The van der Waals surface area contributed by atoms with Gasteiger partial charge < -0.3 is 9.47 Å². The first-order chi connectivity index (χ1) is 28.7. The number of anilines is 4. The highest BCUT2D eigenvalue weighted by Gasteiger charge is 2.49. The monoisotopic (exact) mass is 740 g/mol. The van der Waals surface area contributed by atoms with E-state index in [9.17, 15) is 0 Å². The van der Waals surface area contributed by atoms with Crippen LogP contribution in [0.3, 0.4) is 0 Å². The molecule has 0 spiro atoms. The Balaban J connectivity index is 1.16. The minimum atomic E-state index is -0.164. The molecule has 0 radical (unpaired) electrons. The Morgan fingerprint density at radius 3 is 1.64 bits per heavy atom. The lowest BCUT2D eigenvalue weighted by Gasteiger charge is -2.47. The third-order valence-electron chi connectivity index (χ3n) is 12.5. The predicted octanol–water partition coefficient (Wildman–Crippen LogP) is 8.63. The highest BCUT2D eigenvalue weighted by Crippen LogP contribution is 2.52. The lowest BCUT2D eigenvalue weighted by molar-refractivity contribution is 0.255. The maximum atomic E-state index is 16.1. The smallest absolute Gasteiger partial charge is 0.338 e. The summed E-state index contributed by atoms with van der Waals surface area (Å²) < 4.78 is 13.1. The lowest BCUT2D eigenvalue weighted by atomic mass is 9.33. The van der Waals surface area contributed by atoms with Gasteiger partial charge in [-0.15, -0.1) is 0 Å². The van der Waals surface area contributed by atoms with Crippen molar-refractivity contribution in [3.05, 3.63) is 182 Å². The molecule has 4 aliphatic rings. The maximum Gasteiger partial charge on any atom is 0.338 e. The fraction of sp³-hybridized carbons (Fsp3) is 0. The number of urea groups is 1. The Morgan fingerprint density at radius 1 is 0.431 bits per heavy atom. The van der Waals surface area contributed by atoms with Crippen molar-refractivity contribution in [1.82, 2.24) is 0 Å². The summed E-state index contributed by atoms with van der Waals surface area (Å²) in [5.74, 6) is 2.51. The van der Waals surface area contributed by atoms with Crippen LogP contribution < -0.4 is 52.1 Å². The van der Waals surface area contributed by atoms with Crippen molar-refractivity contribution < 1.29 is 14.3 Å². The molecular formula is C51H30B2N2O3. The Morgan fingerprint density at radius 2 is 0.966 bits per heavy atom. The van der Waals surface area contributed by atoms with Crippen LogP contribution in [0.15, 0.2) is 182 Å². The van der Waals surface area contributed by atoms with Crippen molar-refractivity contribution in [3.63, 3.8) is 0 Å². The zero-order valence-electron chi connectivity index (χ0n) is 31.1. The molecule has 0 aromatic heterocycles. The van der Waals surface area contributed by atoms with E-state index in [-0.39, 0.29) is 19.5 Å². The molecule has 58 heavy (non-hydrogen) atoms. The summed E-state index contributed by atoms with van der Waals surface area (Å²) in [7, 11) is 0.